The zero-order valence-electron chi connectivity index (χ0n) is 11.6. The van der Waals surface area contributed by atoms with Crippen LogP contribution < -0.4 is 5.32 Å². The highest BCUT2D eigenvalue weighted by atomic mass is 14.9. The fourth-order valence-electron chi connectivity index (χ4n) is 1.80. The van der Waals surface area contributed by atoms with Crippen LogP contribution in [0, 0.1) is 16.7 Å². The molecule has 0 bridgehead atoms. The van der Waals surface area contributed by atoms with Gasteiger partial charge in [0.25, 0.3) is 0 Å². The summed E-state index contributed by atoms with van der Waals surface area (Å²) >= 11 is 0. The highest BCUT2D eigenvalue weighted by Crippen LogP contribution is 2.21. The van der Waals surface area contributed by atoms with Crippen molar-refractivity contribution in [2.75, 3.05) is 6.54 Å². The van der Waals surface area contributed by atoms with E-state index in [0.717, 1.165) is 31.5 Å². The molecule has 1 aromatic heterocycles. The Hall–Kier alpha value is -1.40. The first-order valence-corrected chi connectivity index (χ1v) is 6.61. The molecule has 1 rings (SSSR count). The van der Waals surface area contributed by atoms with Crippen molar-refractivity contribution in [2.45, 2.75) is 46.1 Å². The van der Waals surface area contributed by atoms with Crippen molar-refractivity contribution in [3.05, 3.63) is 30.1 Å². The quantitative estimate of drug-likeness (QED) is 0.748. The smallest absolute Gasteiger partial charge is 0.0683 e. The second-order valence-corrected chi connectivity index (χ2v) is 5.38. The molecule has 0 aliphatic carbocycles. The highest BCUT2D eigenvalue weighted by Gasteiger charge is 2.15. The van der Waals surface area contributed by atoms with Crippen LogP contribution in [-0.2, 0) is 0 Å². The molecule has 18 heavy (non-hydrogen) atoms. The van der Waals surface area contributed by atoms with Crippen molar-refractivity contribution in [3.8, 4) is 6.07 Å². The van der Waals surface area contributed by atoms with Crippen molar-refractivity contribution in [1.29, 1.82) is 5.26 Å². The van der Waals surface area contributed by atoms with E-state index in [2.05, 4.69) is 23.3 Å². The van der Waals surface area contributed by atoms with E-state index in [0.29, 0.717) is 0 Å². The first kappa shape index (κ1) is 14.7. The number of nitrogens with one attached hydrogen (secondary N) is 1. The van der Waals surface area contributed by atoms with Gasteiger partial charge in [0, 0.05) is 12.2 Å². The molecule has 0 aromatic carbocycles. The minimum Gasteiger partial charge on any atom is -0.309 e. The van der Waals surface area contributed by atoms with Gasteiger partial charge in [0.05, 0.1) is 17.2 Å². The number of rotatable bonds is 7. The molecule has 0 aliphatic heterocycles. The lowest BCUT2D eigenvalue weighted by atomic mass is 9.89. The summed E-state index contributed by atoms with van der Waals surface area (Å²) in [6.07, 6.45) is 4.97. The Balaban J connectivity index is 2.18. The van der Waals surface area contributed by atoms with E-state index < -0.39 is 0 Å². The first-order chi connectivity index (χ1) is 8.55. The van der Waals surface area contributed by atoms with Crippen LogP contribution in [0.5, 0.6) is 0 Å². The van der Waals surface area contributed by atoms with Gasteiger partial charge in [-0.25, -0.2) is 0 Å². The molecule has 1 N–H and O–H groups in total. The van der Waals surface area contributed by atoms with Crippen LogP contribution in [0.25, 0.3) is 0 Å². The molecule has 98 valence electrons. The van der Waals surface area contributed by atoms with Gasteiger partial charge in [0.15, 0.2) is 0 Å². The monoisotopic (exact) mass is 245 g/mol. The molecule has 0 amide bonds. The Morgan fingerprint density at radius 3 is 2.78 bits per heavy atom. The van der Waals surface area contributed by atoms with Crippen LogP contribution in [-0.4, -0.2) is 11.5 Å². The van der Waals surface area contributed by atoms with Crippen LogP contribution in [0.4, 0.5) is 0 Å². The molecule has 0 spiro atoms. The summed E-state index contributed by atoms with van der Waals surface area (Å²) in [5.74, 6) is 0. The lowest BCUT2D eigenvalue weighted by Gasteiger charge is -2.16. The molecular weight excluding hydrogens is 222 g/mol. The summed E-state index contributed by atoms with van der Waals surface area (Å²) in [6.45, 7) is 7.09. The van der Waals surface area contributed by atoms with Gasteiger partial charge < -0.3 is 5.32 Å². The average molecular weight is 245 g/mol. The van der Waals surface area contributed by atoms with E-state index >= 15 is 0 Å². The second-order valence-electron chi connectivity index (χ2n) is 5.38. The molecule has 0 aliphatic rings. The summed E-state index contributed by atoms with van der Waals surface area (Å²) in [5, 5.41) is 12.4. The van der Waals surface area contributed by atoms with E-state index in [4.69, 9.17) is 5.26 Å². The minimum absolute atomic E-state index is 0.188. The lowest BCUT2D eigenvalue weighted by Crippen LogP contribution is -2.21. The Morgan fingerprint density at radius 1 is 1.39 bits per heavy atom. The molecule has 1 atom stereocenters. The number of unbranched alkanes of at least 4 members (excludes halogenated alkanes) is 1. The molecule has 1 aromatic rings. The average Bonchev–Trinajstić information content (AvgIpc) is 2.39. The van der Waals surface area contributed by atoms with Gasteiger partial charge in [0.2, 0.25) is 0 Å². The maximum atomic E-state index is 8.91. The zero-order chi connectivity index (χ0) is 13.4. The van der Waals surface area contributed by atoms with E-state index in [1.54, 1.807) is 0 Å². The Kier molecular flexibility index (Phi) is 5.80. The molecule has 3 nitrogen and oxygen atoms in total. The summed E-state index contributed by atoms with van der Waals surface area (Å²) in [7, 11) is 0. The Morgan fingerprint density at radius 2 is 2.17 bits per heavy atom. The summed E-state index contributed by atoms with van der Waals surface area (Å²) in [5.41, 5.74) is 0.891. The van der Waals surface area contributed by atoms with Gasteiger partial charge in [-0.3, -0.25) is 4.98 Å². The van der Waals surface area contributed by atoms with Crippen molar-refractivity contribution >= 4 is 0 Å². The van der Waals surface area contributed by atoms with Gasteiger partial charge in [0.1, 0.15) is 0 Å². The maximum Gasteiger partial charge on any atom is 0.0683 e. The number of hydrogen-bond acceptors (Lipinski definition) is 3. The van der Waals surface area contributed by atoms with Crippen LogP contribution >= 0.6 is 0 Å². The maximum absolute atomic E-state index is 8.91. The fourth-order valence-corrected chi connectivity index (χ4v) is 1.80. The van der Waals surface area contributed by atoms with Gasteiger partial charge in [-0.2, -0.15) is 5.26 Å². The standard InChI is InChI=1S/C15H23N3/c1-13(14-8-4-6-11-18-14)17-10-7-5-9-15(2,3)12-16/h4,6,8,11,13,17H,5,7,9-10H2,1-3H3/t13-/m1/s1. The third-order valence-corrected chi connectivity index (χ3v) is 3.11. The summed E-state index contributed by atoms with van der Waals surface area (Å²) in [6, 6.07) is 8.60. The largest absolute Gasteiger partial charge is 0.309 e. The topological polar surface area (TPSA) is 48.7 Å². The molecule has 0 saturated heterocycles. The minimum atomic E-state index is -0.188. The van der Waals surface area contributed by atoms with E-state index in [9.17, 15) is 0 Å². The predicted octanol–water partition coefficient (Wildman–Crippen LogP) is 3.45. The zero-order valence-corrected chi connectivity index (χ0v) is 11.6. The fraction of sp³-hybridized carbons (Fsp3) is 0.600. The van der Waals surface area contributed by atoms with E-state index in [1.807, 2.05) is 38.2 Å². The number of nitriles is 1. The van der Waals surface area contributed by atoms with Crippen molar-refractivity contribution in [2.24, 2.45) is 5.41 Å². The molecule has 0 radical (unpaired) electrons. The normalized spacial score (nSPS) is 13.0. The Bertz CT molecular complexity index is 378. The SMILES string of the molecule is C[C@@H](NCCCCC(C)(C)C#N)c1ccccn1. The van der Waals surface area contributed by atoms with Gasteiger partial charge in [-0.05, 0) is 52.3 Å². The van der Waals surface area contributed by atoms with Gasteiger partial charge in [-0.15, -0.1) is 0 Å². The number of pyridine rings is 1. The van der Waals surface area contributed by atoms with E-state index in [1.165, 1.54) is 0 Å². The lowest BCUT2D eigenvalue weighted by molar-refractivity contribution is 0.417. The summed E-state index contributed by atoms with van der Waals surface area (Å²) < 4.78 is 0. The van der Waals surface area contributed by atoms with Crippen molar-refractivity contribution < 1.29 is 0 Å². The predicted molar refractivity (Wildman–Crippen MR) is 73.9 cm³/mol. The van der Waals surface area contributed by atoms with Crippen molar-refractivity contribution in [1.82, 2.24) is 10.3 Å². The molecule has 0 fully saturated rings. The second kappa shape index (κ2) is 7.13. The van der Waals surface area contributed by atoms with Crippen LogP contribution in [0.3, 0.4) is 0 Å². The van der Waals surface area contributed by atoms with Gasteiger partial charge in [-0.1, -0.05) is 12.5 Å². The van der Waals surface area contributed by atoms with Crippen molar-refractivity contribution in [3.63, 3.8) is 0 Å². The number of hydrogen-bond donors (Lipinski definition) is 1. The third-order valence-electron chi connectivity index (χ3n) is 3.11. The molecule has 3 heteroatoms. The first-order valence-electron chi connectivity index (χ1n) is 6.61. The van der Waals surface area contributed by atoms with Crippen LogP contribution in [0.2, 0.25) is 0 Å². The van der Waals surface area contributed by atoms with Gasteiger partial charge >= 0.3 is 0 Å². The number of aromatic nitrogens is 1. The third kappa shape index (κ3) is 5.29. The van der Waals surface area contributed by atoms with Crippen LogP contribution in [0.1, 0.15) is 51.8 Å². The van der Waals surface area contributed by atoms with Crippen LogP contribution in [0.15, 0.2) is 24.4 Å². The molecule has 0 unspecified atom stereocenters. The molecule has 0 saturated carbocycles. The summed E-state index contributed by atoms with van der Waals surface area (Å²) in [4.78, 5) is 4.32. The molecular formula is C15H23N3. The molecule has 1 heterocycles. The van der Waals surface area contributed by atoms with E-state index in [-0.39, 0.29) is 11.5 Å². The number of nitrogens with zero attached hydrogens (tertiary/aromatic N) is 2. The highest BCUT2D eigenvalue weighted by molar-refractivity contribution is 5.07. The Labute approximate surface area is 110 Å².